The predicted molar refractivity (Wildman–Crippen MR) is 207 cm³/mol. The Hall–Kier alpha value is -4.40. The van der Waals surface area contributed by atoms with Crippen LogP contribution in [0.3, 0.4) is 0 Å². The number of nitrogens with one attached hydrogen (secondary N) is 2. The van der Waals surface area contributed by atoms with Crippen LogP contribution in [0.25, 0.3) is 28.0 Å². The quantitative estimate of drug-likeness (QED) is 0.162. The molecule has 3 atom stereocenters. The lowest BCUT2D eigenvalue weighted by Crippen LogP contribution is -2.60. The number of hydrogen-bond acceptors (Lipinski definition) is 11. The second kappa shape index (κ2) is 16.3. The molecule has 0 spiro atoms. The van der Waals surface area contributed by atoms with Crippen LogP contribution in [0.15, 0.2) is 40.9 Å². The van der Waals surface area contributed by atoms with E-state index in [0.717, 1.165) is 33.6 Å². The molecule has 286 valence electrons. The molecule has 1 saturated heterocycles. The highest BCUT2D eigenvalue weighted by atomic mass is 32.1. The Labute approximate surface area is 315 Å². The van der Waals surface area contributed by atoms with Crippen molar-refractivity contribution in [3.63, 3.8) is 0 Å². The van der Waals surface area contributed by atoms with Crippen molar-refractivity contribution >= 4 is 52.1 Å². The van der Waals surface area contributed by atoms with Crippen LogP contribution >= 0.6 is 11.3 Å². The minimum atomic E-state index is -1.01. The lowest BCUT2D eigenvalue weighted by atomic mass is 9.85. The molecule has 0 aliphatic carbocycles. The van der Waals surface area contributed by atoms with Crippen LogP contribution in [-0.4, -0.2) is 87.8 Å². The summed E-state index contributed by atoms with van der Waals surface area (Å²) >= 11 is 1.38. The van der Waals surface area contributed by atoms with Crippen molar-refractivity contribution in [2.75, 3.05) is 20.3 Å². The van der Waals surface area contributed by atoms with E-state index in [9.17, 15) is 14.4 Å². The highest BCUT2D eigenvalue weighted by Gasteiger charge is 2.36. The topological polar surface area (TPSA) is 149 Å². The molecule has 13 nitrogen and oxygen atoms in total. The number of alkyl carbamates (subject to hydrolysis) is 1. The van der Waals surface area contributed by atoms with Crippen molar-refractivity contribution in [3.8, 4) is 11.4 Å². The number of amides is 2. The van der Waals surface area contributed by atoms with E-state index in [1.165, 1.54) is 16.3 Å². The number of allylic oxidation sites excluding steroid dienone is 2. The summed E-state index contributed by atoms with van der Waals surface area (Å²) in [5.41, 5.74) is 8.30. The lowest BCUT2D eigenvalue weighted by molar-refractivity contribution is -0.155. The molecule has 53 heavy (non-hydrogen) atoms. The smallest absolute Gasteiger partial charge is 0.408 e. The van der Waals surface area contributed by atoms with Crippen molar-refractivity contribution < 1.29 is 28.6 Å². The molecule has 14 heteroatoms. The molecule has 2 N–H and O–H groups in total. The molecule has 2 amide bonds. The normalized spacial score (nSPS) is 20.8. The highest BCUT2D eigenvalue weighted by molar-refractivity contribution is 7.10. The summed E-state index contributed by atoms with van der Waals surface area (Å²) in [4.78, 5) is 55.5. The first-order valence-electron chi connectivity index (χ1n) is 18.2. The summed E-state index contributed by atoms with van der Waals surface area (Å²) < 4.78 is 19.5. The fourth-order valence-electron chi connectivity index (χ4n) is 6.75. The van der Waals surface area contributed by atoms with Gasteiger partial charge in [-0.15, -0.1) is 11.3 Å². The number of thiazole rings is 1. The van der Waals surface area contributed by atoms with Crippen LogP contribution in [0, 0.1) is 5.41 Å². The van der Waals surface area contributed by atoms with Gasteiger partial charge in [0, 0.05) is 54.8 Å². The summed E-state index contributed by atoms with van der Waals surface area (Å²) in [6.07, 6.45) is 4.24. The van der Waals surface area contributed by atoms with E-state index in [0.29, 0.717) is 48.7 Å². The van der Waals surface area contributed by atoms with E-state index in [1.807, 2.05) is 31.4 Å². The van der Waals surface area contributed by atoms with Crippen molar-refractivity contribution in [1.29, 1.82) is 0 Å². The van der Waals surface area contributed by atoms with Crippen molar-refractivity contribution in [3.05, 3.63) is 52.1 Å². The summed E-state index contributed by atoms with van der Waals surface area (Å²) in [6, 6.07) is 2.26. The van der Waals surface area contributed by atoms with Gasteiger partial charge in [-0.1, -0.05) is 26.5 Å². The van der Waals surface area contributed by atoms with Crippen LogP contribution in [0.5, 0.6) is 0 Å². The SMILES string of the molecule is C=C/C(=C(\N=CC)[C@H](C)OC)c1c2c3nc(ccc3n1CC)-c1csc(n1)C[C@H](NC(=O)OC(C)(C)C)C(=O)N1CCC[C@H](N1)C(=O)OCC(C)(C)C2. The molecular formula is C39H53N7O6S. The number of fused-ring (bicyclic) bond motifs is 6. The number of carbonyl (C=O) groups excluding carboxylic acids is 3. The summed E-state index contributed by atoms with van der Waals surface area (Å²) in [5, 5.41) is 6.71. The van der Waals surface area contributed by atoms with Gasteiger partial charge in [0.25, 0.3) is 5.91 Å². The van der Waals surface area contributed by atoms with Crippen LogP contribution in [-0.2, 0) is 43.2 Å². The number of esters is 1. The largest absolute Gasteiger partial charge is 0.464 e. The van der Waals surface area contributed by atoms with E-state index >= 15 is 0 Å². The van der Waals surface area contributed by atoms with Crippen LogP contribution in [0.1, 0.15) is 84.5 Å². The molecule has 2 aliphatic rings. The van der Waals surface area contributed by atoms with Crippen LogP contribution in [0.4, 0.5) is 4.79 Å². The van der Waals surface area contributed by atoms with Gasteiger partial charge in [-0.05, 0) is 72.9 Å². The zero-order valence-corrected chi connectivity index (χ0v) is 33.2. The van der Waals surface area contributed by atoms with Gasteiger partial charge in [-0.25, -0.2) is 20.2 Å². The number of aryl methyl sites for hydroxylation is 1. The second-order valence-corrected chi connectivity index (χ2v) is 16.1. The predicted octanol–water partition coefficient (Wildman–Crippen LogP) is 6.26. The summed E-state index contributed by atoms with van der Waals surface area (Å²) in [7, 11) is 1.66. The number of ether oxygens (including phenoxy) is 3. The van der Waals surface area contributed by atoms with Crippen molar-refractivity contribution in [2.45, 2.75) is 111 Å². The fourth-order valence-corrected chi connectivity index (χ4v) is 7.58. The van der Waals surface area contributed by atoms with E-state index in [-0.39, 0.29) is 19.1 Å². The molecule has 2 aliphatic heterocycles. The first-order valence-corrected chi connectivity index (χ1v) is 19.1. The number of aliphatic imine (C=N–C) groups is 1. The number of hydrazine groups is 1. The maximum atomic E-state index is 14.0. The number of aromatic nitrogens is 3. The van der Waals surface area contributed by atoms with Gasteiger partial charge >= 0.3 is 12.1 Å². The van der Waals surface area contributed by atoms with E-state index in [2.05, 4.69) is 48.7 Å². The Balaban J connectivity index is 1.70. The van der Waals surface area contributed by atoms with Gasteiger partial charge in [-0.3, -0.25) is 19.6 Å². The Morgan fingerprint density at radius 3 is 2.68 bits per heavy atom. The standard InChI is InChI=1S/C39H53N7O6S/c1-11-24(32(40-12-2)23(4)50-10)34-25-20-39(8,9)22-51-36(48)27-15-14-18-46(44-27)35(47)28(43-37(49)52-38(5,6)7)19-31-41-29(21-53-31)26-16-17-30(33(25)42-26)45(34)13-3/h11-12,16-17,21,23,27-28,44H,1,13-15,18-20,22H2,2-10H3,(H,43,49)/b32-24+,40-12?/t23-,27-,28-/m0/s1. The number of hydrogen-bond donors (Lipinski definition) is 2. The Bertz CT molecular complexity index is 1920. The van der Waals surface area contributed by atoms with Crippen molar-refractivity contribution in [2.24, 2.45) is 10.4 Å². The maximum Gasteiger partial charge on any atom is 0.408 e. The van der Waals surface area contributed by atoms with Gasteiger partial charge in [0.1, 0.15) is 17.7 Å². The Morgan fingerprint density at radius 1 is 1.26 bits per heavy atom. The van der Waals surface area contributed by atoms with Gasteiger partial charge in [0.15, 0.2) is 0 Å². The molecule has 0 radical (unpaired) electrons. The fraction of sp³-hybridized carbons (Fsp3) is 0.538. The van der Waals surface area contributed by atoms with Gasteiger partial charge in [-0.2, -0.15) is 0 Å². The highest BCUT2D eigenvalue weighted by Crippen LogP contribution is 2.39. The average Bonchev–Trinajstić information content (AvgIpc) is 3.70. The number of nitrogens with zero attached hydrogens (tertiary/aromatic N) is 5. The maximum absolute atomic E-state index is 14.0. The zero-order valence-electron chi connectivity index (χ0n) is 32.4. The molecule has 6 bridgehead atoms. The number of rotatable bonds is 7. The molecule has 0 unspecified atom stereocenters. The van der Waals surface area contributed by atoms with Crippen LogP contribution < -0.4 is 10.7 Å². The van der Waals surface area contributed by atoms with Crippen molar-refractivity contribution in [1.82, 2.24) is 30.3 Å². The molecule has 3 aromatic rings. The number of carbonyl (C=O) groups is 3. The monoisotopic (exact) mass is 747 g/mol. The van der Waals surface area contributed by atoms with E-state index in [4.69, 9.17) is 29.2 Å². The summed E-state index contributed by atoms with van der Waals surface area (Å²) in [5.74, 6) is -0.848. The Morgan fingerprint density at radius 2 is 2.02 bits per heavy atom. The van der Waals surface area contributed by atoms with Gasteiger partial charge < -0.3 is 24.1 Å². The number of cyclic esters (lactones) is 1. The average molecular weight is 748 g/mol. The van der Waals surface area contributed by atoms with Gasteiger partial charge in [0.2, 0.25) is 0 Å². The third kappa shape index (κ3) is 9.05. The second-order valence-electron chi connectivity index (χ2n) is 15.2. The number of methoxy groups -OCH3 is 1. The molecule has 0 aromatic carbocycles. The lowest BCUT2D eigenvalue weighted by Gasteiger charge is -2.35. The third-order valence-corrected chi connectivity index (χ3v) is 10.1. The molecule has 5 heterocycles. The summed E-state index contributed by atoms with van der Waals surface area (Å²) in [6.45, 7) is 20.7. The van der Waals surface area contributed by atoms with Crippen LogP contribution in [0.2, 0.25) is 0 Å². The number of pyridine rings is 1. The van der Waals surface area contributed by atoms with E-state index < -0.39 is 41.1 Å². The molecule has 3 aromatic heterocycles. The molecule has 1 fully saturated rings. The van der Waals surface area contributed by atoms with Gasteiger partial charge in [0.05, 0.1) is 51.5 Å². The first kappa shape index (κ1) is 39.8. The molecular weight excluding hydrogens is 695 g/mol. The van der Waals surface area contributed by atoms with E-state index in [1.54, 1.807) is 34.1 Å². The third-order valence-electron chi connectivity index (χ3n) is 9.24. The zero-order chi connectivity index (χ0) is 38.7. The Kier molecular flexibility index (Phi) is 12.3. The molecule has 0 saturated carbocycles. The first-order chi connectivity index (χ1) is 25.1. The molecule has 5 rings (SSSR count). The minimum Gasteiger partial charge on any atom is -0.464 e. The minimum absolute atomic E-state index is 0.111.